The van der Waals surface area contributed by atoms with Gasteiger partial charge in [0.05, 0.1) is 10.9 Å². The van der Waals surface area contributed by atoms with Crippen LogP contribution in [0.3, 0.4) is 0 Å². The first-order valence-electron chi connectivity index (χ1n) is 7.39. The van der Waals surface area contributed by atoms with E-state index in [0.717, 1.165) is 16.5 Å². The van der Waals surface area contributed by atoms with Crippen LogP contribution < -0.4 is 14.8 Å². The van der Waals surface area contributed by atoms with Crippen molar-refractivity contribution in [1.82, 2.24) is 10.3 Å². The quantitative estimate of drug-likeness (QED) is 0.787. The monoisotopic (exact) mass is 324 g/mol. The molecule has 0 unspecified atom stereocenters. The number of pyridine rings is 1. The molecule has 4 rings (SSSR count). The summed E-state index contributed by atoms with van der Waals surface area (Å²) in [6.45, 7) is 0.133. The summed E-state index contributed by atoms with van der Waals surface area (Å²) in [4.78, 5) is 16.4. The third-order valence-corrected chi connectivity index (χ3v) is 3.92. The number of rotatable bonds is 2. The molecule has 0 spiro atoms. The molecule has 0 bridgehead atoms. The number of hydrogen-bond acceptors (Lipinski definition) is 4. The summed E-state index contributed by atoms with van der Waals surface area (Å²) < 4.78 is 24.3. The highest BCUT2D eigenvalue weighted by molar-refractivity contribution is 6.04. The highest BCUT2D eigenvalue weighted by Crippen LogP contribution is 2.43. The number of ether oxygens (including phenoxy) is 2. The van der Waals surface area contributed by atoms with Crippen LogP contribution in [0.4, 0.5) is 4.39 Å². The van der Waals surface area contributed by atoms with Crippen molar-refractivity contribution in [3.63, 3.8) is 0 Å². The van der Waals surface area contributed by atoms with E-state index >= 15 is 0 Å². The van der Waals surface area contributed by atoms with E-state index in [9.17, 15) is 9.18 Å². The molecule has 1 aromatic heterocycles. The maximum Gasteiger partial charge on any atom is 0.269 e. The molecule has 1 aliphatic heterocycles. The Balaban J connectivity index is 2.05. The minimum Gasteiger partial charge on any atom is -0.454 e. The van der Waals surface area contributed by atoms with Gasteiger partial charge in [0.1, 0.15) is 11.5 Å². The predicted octanol–water partition coefficient (Wildman–Crippen LogP) is 3.13. The highest BCUT2D eigenvalue weighted by Gasteiger charge is 2.22. The molecule has 3 aromatic rings. The first-order valence-corrected chi connectivity index (χ1v) is 7.39. The first-order chi connectivity index (χ1) is 11.7. The Kier molecular flexibility index (Phi) is 3.30. The van der Waals surface area contributed by atoms with E-state index in [2.05, 4.69) is 10.3 Å². The number of carbonyl (C=O) groups excluding carboxylic acids is 1. The Labute approximate surface area is 137 Å². The van der Waals surface area contributed by atoms with Crippen LogP contribution in [0.1, 0.15) is 10.5 Å². The summed E-state index contributed by atoms with van der Waals surface area (Å²) in [7, 11) is 1.55. The molecule has 0 atom stereocenters. The standard InChI is InChI=1S/C18H13FN2O3/c1-20-18(22)14-8-12(10-2-4-11(19)5-3-10)16-13(21-14)6-7-15-17(16)24-9-23-15/h2-8H,9H2,1H3,(H,20,22). The Morgan fingerprint density at radius 1 is 1.17 bits per heavy atom. The lowest BCUT2D eigenvalue weighted by Gasteiger charge is -2.11. The number of fused-ring (bicyclic) bond motifs is 3. The molecule has 2 heterocycles. The fourth-order valence-electron chi connectivity index (χ4n) is 2.79. The van der Waals surface area contributed by atoms with E-state index < -0.39 is 0 Å². The zero-order valence-electron chi connectivity index (χ0n) is 12.8. The van der Waals surface area contributed by atoms with Crippen molar-refractivity contribution in [2.24, 2.45) is 0 Å². The van der Waals surface area contributed by atoms with Crippen molar-refractivity contribution in [1.29, 1.82) is 0 Å². The smallest absolute Gasteiger partial charge is 0.269 e. The largest absolute Gasteiger partial charge is 0.454 e. The number of aromatic nitrogens is 1. The third-order valence-electron chi connectivity index (χ3n) is 3.92. The summed E-state index contributed by atoms with van der Waals surface area (Å²) >= 11 is 0. The SMILES string of the molecule is CNC(=O)c1cc(-c2ccc(F)cc2)c2c3c(ccc2n1)OCO3. The van der Waals surface area contributed by atoms with Crippen molar-refractivity contribution >= 4 is 16.8 Å². The van der Waals surface area contributed by atoms with Crippen molar-refractivity contribution in [3.05, 3.63) is 54.0 Å². The normalized spacial score (nSPS) is 12.4. The van der Waals surface area contributed by atoms with Gasteiger partial charge in [0.2, 0.25) is 6.79 Å². The van der Waals surface area contributed by atoms with Gasteiger partial charge in [-0.15, -0.1) is 0 Å². The Morgan fingerprint density at radius 2 is 1.96 bits per heavy atom. The van der Waals surface area contributed by atoms with Crippen molar-refractivity contribution in [2.45, 2.75) is 0 Å². The average Bonchev–Trinajstić information content (AvgIpc) is 3.09. The van der Waals surface area contributed by atoms with Gasteiger partial charge in [-0.3, -0.25) is 4.79 Å². The third kappa shape index (κ3) is 2.23. The molecule has 0 aliphatic carbocycles. The molecule has 0 fully saturated rings. The van der Waals surface area contributed by atoms with Gasteiger partial charge >= 0.3 is 0 Å². The minimum atomic E-state index is -0.326. The molecule has 120 valence electrons. The van der Waals surface area contributed by atoms with E-state index in [1.807, 2.05) is 0 Å². The number of benzene rings is 2. The topological polar surface area (TPSA) is 60.5 Å². The van der Waals surface area contributed by atoms with Crippen LogP contribution in [0.2, 0.25) is 0 Å². The van der Waals surface area contributed by atoms with Gasteiger partial charge in [-0.25, -0.2) is 9.37 Å². The number of nitrogens with one attached hydrogen (secondary N) is 1. The number of carbonyl (C=O) groups is 1. The van der Waals surface area contributed by atoms with Crippen molar-refractivity contribution in [3.8, 4) is 22.6 Å². The fourth-order valence-corrected chi connectivity index (χ4v) is 2.79. The minimum absolute atomic E-state index is 0.133. The van der Waals surface area contributed by atoms with Crippen LogP contribution >= 0.6 is 0 Å². The zero-order chi connectivity index (χ0) is 16.7. The van der Waals surface area contributed by atoms with Gasteiger partial charge in [0.15, 0.2) is 11.5 Å². The predicted molar refractivity (Wildman–Crippen MR) is 86.7 cm³/mol. The lowest BCUT2D eigenvalue weighted by atomic mass is 9.99. The molecular formula is C18H13FN2O3. The molecule has 1 aliphatic rings. The Bertz CT molecular complexity index is 955. The number of amides is 1. The molecule has 1 N–H and O–H groups in total. The lowest BCUT2D eigenvalue weighted by molar-refractivity contribution is 0.0958. The summed E-state index contributed by atoms with van der Waals surface area (Å²) in [6, 6.07) is 11.3. The molecule has 6 heteroatoms. The van der Waals surface area contributed by atoms with Gasteiger partial charge in [-0.1, -0.05) is 12.1 Å². The van der Waals surface area contributed by atoms with E-state index in [1.54, 1.807) is 37.4 Å². The zero-order valence-corrected chi connectivity index (χ0v) is 12.8. The second kappa shape index (κ2) is 5.49. The maximum atomic E-state index is 13.3. The summed E-state index contributed by atoms with van der Waals surface area (Å²) in [6.07, 6.45) is 0. The first kappa shape index (κ1) is 14.4. The Morgan fingerprint density at radius 3 is 2.71 bits per heavy atom. The van der Waals surface area contributed by atoms with E-state index in [1.165, 1.54) is 12.1 Å². The van der Waals surface area contributed by atoms with E-state index in [4.69, 9.17) is 9.47 Å². The fraction of sp³-hybridized carbons (Fsp3) is 0.111. The molecule has 5 nitrogen and oxygen atoms in total. The molecule has 0 saturated heterocycles. The average molecular weight is 324 g/mol. The maximum absolute atomic E-state index is 13.3. The van der Waals surface area contributed by atoms with Gasteiger partial charge < -0.3 is 14.8 Å². The van der Waals surface area contributed by atoms with Crippen LogP contribution in [0.5, 0.6) is 11.5 Å². The van der Waals surface area contributed by atoms with Gasteiger partial charge in [0.25, 0.3) is 5.91 Å². The summed E-state index contributed by atoms with van der Waals surface area (Å²) in [5.74, 6) is 0.592. The molecule has 0 saturated carbocycles. The Hall–Kier alpha value is -3.15. The van der Waals surface area contributed by atoms with Crippen molar-refractivity contribution in [2.75, 3.05) is 13.8 Å². The van der Waals surface area contributed by atoms with E-state index in [0.29, 0.717) is 17.0 Å². The molecular weight excluding hydrogens is 311 g/mol. The van der Waals surface area contributed by atoms with Gasteiger partial charge in [-0.2, -0.15) is 0 Å². The molecule has 24 heavy (non-hydrogen) atoms. The van der Waals surface area contributed by atoms with Gasteiger partial charge in [-0.05, 0) is 41.5 Å². The molecule has 0 radical (unpaired) electrons. The van der Waals surface area contributed by atoms with Crippen LogP contribution in [0.25, 0.3) is 22.0 Å². The molecule has 1 amide bonds. The van der Waals surface area contributed by atoms with Crippen LogP contribution in [-0.2, 0) is 0 Å². The van der Waals surface area contributed by atoms with Crippen LogP contribution in [-0.4, -0.2) is 24.7 Å². The number of halogens is 1. The summed E-state index contributed by atoms with van der Waals surface area (Å²) in [5, 5.41) is 3.31. The van der Waals surface area contributed by atoms with Crippen LogP contribution in [0.15, 0.2) is 42.5 Å². The van der Waals surface area contributed by atoms with E-state index in [-0.39, 0.29) is 24.2 Å². The summed E-state index contributed by atoms with van der Waals surface area (Å²) in [5.41, 5.74) is 2.39. The van der Waals surface area contributed by atoms with Crippen molar-refractivity contribution < 1.29 is 18.7 Å². The number of hydrogen-bond donors (Lipinski definition) is 1. The van der Waals surface area contributed by atoms with Crippen LogP contribution in [0, 0.1) is 5.82 Å². The van der Waals surface area contributed by atoms with Gasteiger partial charge in [0, 0.05) is 7.05 Å². The highest BCUT2D eigenvalue weighted by atomic mass is 19.1. The number of nitrogens with zero attached hydrogens (tertiary/aromatic N) is 1. The lowest BCUT2D eigenvalue weighted by Crippen LogP contribution is -2.19. The second-order valence-electron chi connectivity index (χ2n) is 5.33. The second-order valence-corrected chi connectivity index (χ2v) is 5.33. The molecule has 2 aromatic carbocycles.